The van der Waals surface area contributed by atoms with Gasteiger partial charge in [0, 0.05) is 0 Å². The Kier molecular flexibility index (Phi) is 4.86. The molecule has 9 heteroatoms. The lowest BCUT2D eigenvalue weighted by Gasteiger charge is -2.22. The Labute approximate surface area is 168 Å². The molecule has 1 aromatic carbocycles. The summed E-state index contributed by atoms with van der Waals surface area (Å²) in [7, 11) is 0. The normalized spacial score (nSPS) is 18.5. The molecule has 2 unspecified atom stereocenters. The Bertz CT molecular complexity index is 1050. The fraction of sp³-hybridized carbons (Fsp3) is 0.222. The van der Waals surface area contributed by atoms with Crippen molar-refractivity contribution in [3.05, 3.63) is 56.5 Å². The van der Waals surface area contributed by atoms with Crippen molar-refractivity contribution in [3.63, 3.8) is 0 Å². The first-order valence-corrected chi connectivity index (χ1v) is 9.80. The zero-order chi connectivity index (χ0) is 19.1. The van der Waals surface area contributed by atoms with Gasteiger partial charge in [0.2, 0.25) is 5.91 Å². The number of aliphatic hydroxyl groups excluding tert-OH is 1. The SMILES string of the molecule is O=C(CO)NC1c2ccccc2CC1NC(=O)c1cc2sc(Cl)c(Cl)c2[nH]1. The molecule has 0 aliphatic heterocycles. The van der Waals surface area contributed by atoms with Crippen LogP contribution < -0.4 is 10.6 Å². The third kappa shape index (κ3) is 3.32. The van der Waals surface area contributed by atoms with Crippen LogP contribution in [-0.4, -0.2) is 34.6 Å². The van der Waals surface area contributed by atoms with Gasteiger partial charge in [0.25, 0.3) is 5.91 Å². The number of carbonyl (C=O) groups excluding carboxylic acids is 2. The van der Waals surface area contributed by atoms with Gasteiger partial charge in [-0.05, 0) is 23.6 Å². The van der Waals surface area contributed by atoms with Crippen molar-refractivity contribution in [1.29, 1.82) is 0 Å². The van der Waals surface area contributed by atoms with Crippen LogP contribution in [0.3, 0.4) is 0 Å². The lowest BCUT2D eigenvalue weighted by Crippen LogP contribution is -2.45. The summed E-state index contributed by atoms with van der Waals surface area (Å²) in [5, 5.41) is 15.2. The van der Waals surface area contributed by atoms with Crippen molar-refractivity contribution in [2.75, 3.05) is 6.61 Å². The van der Waals surface area contributed by atoms with Crippen molar-refractivity contribution < 1.29 is 14.7 Å². The van der Waals surface area contributed by atoms with Crippen LogP contribution in [0.1, 0.15) is 27.7 Å². The summed E-state index contributed by atoms with van der Waals surface area (Å²) < 4.78 is 1.28. The van der Waals surface area contributed by atoms with Crippen LogP contribution >= 0.6 is 34.5 Å². The Morgan fingerprint density at radius 1 is 1.26 bits per heavy atom. The molecule has 0 bridgehead atoms. The summed E-state index contributed by atoms with van der Waals surface area (Å²) >= 11 is 13.4. The van der Waals surface area contributed by atoms with Crippen LogP contribution in [-0.2, 0) is 11.2 Å². The van der Waals surface area contributed by atoms with Crippen LogP contribution in [0.2, 0.25) is 9.36 Å². The second-order valence-corrected chi connectivity index (χ2v) is 8.33. The summed E-state index contributed by atoms with van der Waals surface area (Å²) in [4.78, 5) is 27.5. The summed E-state index contributed by atoms with van der Waals surface area (Å²) in [6.07, 6.45) is 0.583. The highest BCUT2D eigenvalue weighted by Gasteiger charge is 2.34. The van der Waals surface area contributed by atoms with E-state index in [0.29, 0.717) is 27.0 Å². The van der Waals surface area contributed by atoms with Crippen molar-refractivity contribution in [2.24, 2.45) is 0 Å². The monoisotopic (exact) mass is 423 g/mol. The van der Waals surface area contributed by atoms with Gasteiger partial charge in [0.05, 0.1) is 27.3 Å². The predicted octanol–water partition coefficient (Wildman–Crippen LogP) is 3.04. The largest absolute Gasteiger partial charge is 0.387 e. The van der Waals surface area contributed by atoms with Crippen LogP contribution in [0.25, 0.3) is 10.2 Å². The Balaban J connectivity index is 1.57. The van der Waals surface area contributed by atoms with Crippen molar-refractivity contribution in [1.82, 2.24) is 15.6 Å². The molecule has 0 saturated carbocycles. The molecule has 2 amide bonds. The number of carbonyl (C=O) groups is 2. The Morgan fingerprint density at radius 3 is 2.78 bits per heavy atom. The van der Waals surface area contributed by atoms with Gasteiger partial charge >= 0.3 is 0 Å². The number of fused-ring (bicyclic) bond motifs is 2. The van der Waals surface area contributed by atoms with E-state index in [1.807, 2.05) is 24.3 Å². The molecule has 0 saturated heterocycles. The van der Waals surface area contributed by atoms with E-state index in [1.54, 1.807) is 6.07 Å². The number of H-pyrrole nitrogens is 1. The second-order valence-electron chi connectivity index (χ2n) is 6.30. The van der Waals surface area contributed by atoms with E-state index in [2.05, 4.69) is 15.6 Å². The topological polar surface area (TPSA) is 94.2 Å². The van der Waals surface area contributed by atoms with Gasteiger partial charge in [0.15, 0.2) is 0 Å². The summed E-state index contributed by atoms with van der Waals surface area (Å²) in [5.74, 6) is -0.788. The van der Waals surface area contributed by atoms with E-state index in [-0.39, 0.29) is 11.9 Å². The zero-order valence-corrected chi connectivity index (χ0v) is 16.2. The molecule has 4 rings (SSSR count). The summed E-state index contributed by atoms with van der Waals surface area (Å²) in [6, 6.07) is 8.65. The Morgan fingerprint density at radius 2 is 2.04 bits per heavy atom. The average molecular weight is 424 g/mol. The Hall–Kier alpha value is -2.06. The van der Waals surface area contributed by atoms with E-state index in [1.165, 1.54) is 11.3 Å². The first-order valence-electron chi connectivity index (χ1n) is 8.23. The second kappa shape index (κ2) is 7.16. The van der Waals surface area contributed by atoms with E-state index in [4.69, 9.17) is 28.3 Å². The van der Waals surface area contributed by atoms with Gasteiger partial charge in [-0.25, -0.2) is 0 Å². The summed E-state index contributed by atoms with van der Waals surface area (Å²) in [6.45, 7) is -0.606. The van der Waals surface area contributed by atoms with E-state index < -0.39 is 18.6 Å². The maximum absolute atomic E-state index is 12.7. The molecule has 3 aromatic rings. The number of nitrogens with one attached hydrogen (secondary N) is 3. The first-order chi connectivity index (χ1) is 13.0. The first kappa shape index (κ1) is 18.3. The predicted molar refractivity (Wildman–Crippen MR) is 106 cm³/mol. The number of aromatic nitrogens is 1. The fourth-order valence-corrected chi connectivity index (χ4v) is 4.90. The number of aliphatic hydroxyl groups is 1. The van der Waals surface area contributed by atoms with Gasteiger partial charge in [-0.15, -0.1) is 11.3 Å². The van der Waals surface area contributed by atoms with Crippen molar-refractivity contribution in [2.45, 2.75) is 18.5 Å². The third-order valence-electron chi connectivity index (χ3n) is 4.63. The molecule has 27 heavy (non-hydrogen) atoms. The van der Waals surface area contributed by atoms with E-state index >= 15 is 0 Å². The summed E-state index contributed by atoms with van der Waals surface area (Å²) in [5.41, 5.74) is 3.00. The molecule has 4 N–H and O–H groups in total. The van der Waals surface area contributed by atoms with E-state index in [9.17, 15) is 9.59 Å². The average Bonchev–Trinajstić information content (AvgIpc) is 3.29. The quantitative estimate of drug-likeness (QED) is 0.519. The standard InChI is InChI=1S/C18H15Cl2N3O3S/c19-14-16-12(27-17(14)20)6-11(21-16)18(26)22-10-5-8-3-1-2-4-9(8)15(10)23-13(25)7-24/h1-4,6,10,15,21,24H,5,7H2,(H,22,26)(H,23,25). The third-order valence-corrected chi connectivity index (χ3v) is 6.56. The van der Waals surface area contributed by atoms with Crippen molar-refractivity contribution >= 4 is 56.6 Å². The number of halogens is 2. The smallest absolute Gasteiger partial charge is 0.268 e. The molecular formula is C18H15Cl2N3O3S. The molecule has 140 valence electrons. The zero-order valence-electron chi connectivity index (χ0n) is 13.9. The van der Waals surface area contributed by atoms with Crippen molar-refractivity contribution in [3.8, 4) is 0 Å². The maximum atomic E-state index is 12.7. The number of thiophene rings is 1. The number of hydrogen-bond acceptors (Lipinski definition) is 4. The molecule has 1 aliphatic rings. The van der Waals surface area contributed by atoms with Crippen LogP contribution in [0.15, 0.2) is 30.3 Å². The molecule has 1 aliphatic carbocycles. The van der Waals surface area contributed by atoms with E-state index in [0.717, 1.165) is 15.8 Å². The number of aromatic amines is 1. The van der Waals surface area contributed by atoms with Gasteiger partial charge in [-0.1, -0.05) is 47.5 Å². The minimum atomic E-state index is -0.606. The molecule has 2 aromatic heterocycles. The highest BCUT2D eigenvalue weighted by atomic mass is 35.5. The van der Waals surface area contributed by atoms with Crippen LogP contribution in [0.4, 0.5) is 0 Å². The number of hydrogen-bond donors (Lipinski definition) is 4. The maximum Gasteiger partial charge on any atom is 0.268 e. The van der Waals surface area contributed by atoms with Crippen LogP contribution in [0, 0.1) is 0 Å². The molecular weight excluding hydrogens is 409 g/mol. The lowest BCUT2D eigenvalue weighted by atomic mass is 10.1. The minimum Gasteiger partial charge on any atom is -0.387 e. The molecule has 0 spiro atoms. The van der Waals surface area contributed by atoms with Gasteiger partial charge in [-0.3, -0.25) is 9.59 Å². The van der Waals surface area contributed by atoms with Gasteiger partial charge < -0.3 is 20.7 Å². The minimum absolute atomic E-state index is 0.299. The van der Waals surface area contributed by atoms with Gasteiger partial charge in [-0.2, -0.15) is 0 Å². The molecule has 2 heterocycles. The number of rotatable bonds is 4. The molecule has 0 radical (unpaired) electrons. The number of amides is 2. The molecule has 6 nitrogen and oxygen atoms in total. The fourth-order valence-electron chi connectivity index (χ4n) is 3.41. The van der Waals surface area contributed by atoms with Gasteiger partial charge in [0.1, 0.15) is 16.6 Å². The molecule has 2 atom stereocenters. The van der Waals surface area contributed by atoms with Crippen LogP contribution in [0.5, 0.6) is 0 Å². The highest BCUT2D eigenvalue weighted by Crippen LogP contribution is 2.39. The number of benzene rings is 1. The highest BCUT2D eigenvalue weighted by molar-refractivity contribution is 7.23. The lowest BCUT2D eigenvalue weighted by molar-refractivity contribution is -0.124. The molecule has 0 fully saturated rings.